The number of nitro benzene ring substituents is 1. The van der Waals surface area contributed by atoms with Crippen LogP contribution in [0.3, 0.4) is 0 Å². The van der Waals surface area contributed by atoms with Gasteiger partial charge in [-0.1, -0.05) is 0 Å². The Hall–Kier alpha value is -0.960. The Morgan fingerprint density at radius 3 is 2.95 bits per heavy atom. The molecule has 0 spiro atoms. The fourth-order valence-electron chi connectivity index (χ4n) is 2.40. The number of piperidine rings is 1. The third kappa shape index (κ3) is 3.14. The monoisotopic (exact) mass is 379 g/mol. The van der Waals surface area contributed by atoms with Crippen LogP contribution in [0.1, 0.15) is 12.8 Å². The Kier molecular flexibility index (Phi) is 4.56. The molecule has 2 N–H and O–H groups in total. The van der Waals surface area contributed by atoms with E-state index in [9.17, 15) is 14.5 Å². The molecule has 1 unspecified atom stereocenters. The molecule has 0 amide bonds. The van der Waals surface area contributed by atoms with Crippen molar-refractivity contribution >= 4 is 34.0 Å². The fraction of sp³-hybridized carbons (Fsp3) is 0.500. The van der Waals surface area contributed by atoms with Crippen LogP contribution in [0.5, 0.6) is 0 Å². The molecule has 1 heterocycles. The molecule has 104 valence electrons. The van der Waals surface area contributed by atoms with Gasteiger partial charge in [-0.25, -0.2) is 4.39 Å². The van der Waals surface area contributed by atoms with Gasteiger partial charge in [0.25, 0.3) is 5.69 Å². The van der Waals surface area contributed by atoms with Gasteiger partial charge < -0.3 is 10.6 Å². The van der Waals surface area contributed by atoms with Crippen molar-refractivity contribution in [1.82, 2.24) is 0 Å². The standard InChI is InChI=1S/C12H15FIN3O2/c13-9-4-11(12(17(18)19)5-10(9)14)16-3-1-2-8(6-15)7-16/h4-5,8H,1-3,6-7,15H2. The first-order valence-corrected chi connectivity index (χ1v) is 7.19. The van der Waals surface area contributed by atoms with Gasteiger partial charge in [0.1, 0.15) is 11.5 Å². The number of rotatable bonds is 3. The zero-order valence-electron chi connectivity index (χ0n) is 10.3. The maximum atomic E-state index is 13.7. The summed E-state index contributed by atoms with van der Waals surface area (Å²) in [6.45, 7) is 1.91. The number of halogens is 2. The van der Waals surface area contributed by atoms with Crippen molar-refractivity contribution in [3.8, 4) is 0 Å². The number of hydrogen-bond donors (Lipinski definition) is 1. The summed E-state index contributed by atoms with van der Waals surface area (Å²) >= 11 is 1.76. The van der Waals surface area contributed by atoms with Crippen LogP contribution in [0.15, 0.2) is 12.1 Å². The molecular formula is C12H15FIN3O2. The van der Waals surface area contributed by atoms with E-state index < -0.39 is 10.7 Å². The van der Waals surface area contributed by atoms with Crippen LogP contribution < -0.4 is 10.6 Å². The lowest BCUT2D eigenvalue weighted by Crippen LogP contribution is -2.38. The van der Waals surface area contributed by atoms with Crippen LogP contribution in [0.25, 0.3) is 0 Å². The molecule has 1 saturated heterocycles. The van der Waals surface area contributed by atoms with Crippen molar-refractivity contribution in [2.24, 2.45) is 11.7 Å². The van der Waals surface area contributed by atoms with Gasteiger partial charge in [0.05, 0.1) is 8.49 Å². The summed E-state index contributed by atoms with van der Waals surface area (Å²) in [7, 11) is 0. The van der Waals surface area contributed by atoms with Crippen molar-refractivity contribution < 1.29 is 9.31 Å². The van der Waals surface area contributed by atoms with E-state index in [1.165, 1.54) is 12.1 Å². The molecule has 0 aliphatic carbocycles. The maximum absolute atomic E-state index is 13.7. The molecule has 1 aliphatic heterocycles. The van der Waals surface area contributed by atoms with Gasteiger partial charge in [-0.2, -0.15) is 0 Å². The predicted molar refractivity (Wildman–Crippen MR) is 79.8 cm³/mol. The van der Waals surface area contributed by atoms with E-state index in [0.29, 0.717) is 31.2 Å². The highest BCUT2D eigenvalue weighted by atomic mass is 127. The van der Waals surface area contributed by atoms with Crippen LogP contribution in [0.4, 0.5) is 15.8 Å². The molecule has 7 heteroatoms. The first-order valence-electron chi connectivity index (χ1n) is 6.11. The lowest BCUT2D eigenvalue weighted by atomic mass is 9.97. The van der Waals surface area contributed by atoms with Gasteiger partial charge in [0.2, 0.25) is 0 Å². The van der Waals surface area contributed by atoms with Crippen LogP contribution in [-0.2, 0) is 0 Å². The third-order valence-corrected chi connectivity index (χ3v) is 4.23. The molecule has 0 saturated carbocycles. The molecule has 1 atom stereocenters. The molecule has 2 rings (SSSR count). The van der Waals surface area contributed by atoms with Crippen molar-refractivity contribution in [3.05, 3.63) is 31.6 Å². The molecule has 1 fully saturated rings. The van der Waals surface area contributed by atoms with Gasteiger partial charge in [0.15, 0.2) is 0 Å². The maximum Gasteiger partial charge on any atom is 0.293 e. The Morgan fingerprint density at radius 1 is 1.58 bits per heavy atom. The highest BCUT2D eigenvalue weighted by molar-refractivity contribution is 14.1. The highest BCUT2D eigenvalue weighted by Crippen LogP contribution is 2.34. The van der Waals surface area contributed by atoms with Crippen molar-refractivity contribution in [3.63, 3.8) is 0 Å². The van der Waals surface area contributed by atoms with E-state index >= 15 is 0 Å². The molecule has 1 aliphatic rings. The second-order valence-electron chi connectivity index (χ2n) is 4.70. The Balaban J connectivity index is 2.37. The lowest BCUT2D eigenvalue weighted by molar-refractivity contribution is -0.384. The predicted octanol–water partition coefficient (Wildman–Crippen LogP) is 2.51. The van der Waals surface area contributed by atoms with E-state index in [1.807, 2.05) is 4.90 Å². The lowest BCUT2D eigenvalue weighted by Gasteiger charge is -2.33. The molecule has 0 bridgehead atoms. The minimum atomic E-state index is -0.455. The van der Waals surface area contributed by atoms with Crippen LogP contribution in [0.2, 0.25) is 0 Å². The first kappa shape index (κ1) is 14.4. The molecule has 1 aromatic rings. The Bertz CT molecular complexity index is 498. The number of nitrogens with zero attached hydrogens (tertiary/aromatic N) is 2. The second-order valence-corrected chi connectivity index (χ2v) is 5.86. The average Bonchev–Trinajstić information content (AvgIpc) is 2.41. The van der Waals surface area contributed by atoms with Gasteiger partial charge in [-0.05, 0) is 47.9 Å². The van der Waals surface area contributed by atoms with Crippen LogP contribution in [0, 0.1) is 25.4 Å². The summed E-state index contributed by atoms with van der Waals surface area (Å²) in [4.78, 5) is 12.5. The van der Waals surface area contributed by atoms with E-state index in [0.717, 1.165) is 12.8 Å². The largest absolute Gasteiger partial charge is 0.366 e. The zero-order valence-corrected chi connectivity index (χ0v) is 12.5. The summed E-state index contributed by atoms with van der Waals surface area (Å²) < 4.78 is 13.9. The quantitative estimate of drug-likeness (QED) is 0.498. The molecule has 0 aromatic heterocycles. The molecule has 5 nitrogen and oxygen atoms in total. The summed E-state index contributed by atoms with van der Waals surface area (Å²) in [6, 6.07) is 2.55. The summed E-state index contributed by atoms with van der Waals surface area (Å²) in [5, 5.41) is 11.1. The van der Waals surface area contributed by atoms with E-state index in [1.54, 1.807) is 22.6 Å². The molecule has 0 radical (unpaired) electrons. The minimum Gasteiger partial charge on any atom is -0.366 e. The number of nitro groups is 1. The Morgan fingerprint density at radius 2 is 2.32 bits per heavy atom. The van der Waals surface area contributed by atoms with Gasteiger partial charge in [-0.15, -0.1) is 0 Å². The van der Waals surface area contributed by atoms with Crippen LogP contribution in [-0.4, -0.2) is 24.6 Å². The van der Waals surface area contributed by atoms with Gasteiger partial charge in [-0.3, -0.25) is 10.1 Å². The van der Waals surface area contributed by atoms with Crippen molar-refractivity contribution in [2.75, 3.05) is 24.5 Å². The average molecular weight is 379 g/mol. The van der Waals surface area contributed by atoms with E-state index in [-0.39, 0.29) is 9.26 Å². The topological polar surface area (TPSA) is 72.4 Å². The van der Waals surface area contributed by atoms with Gasteiger partial charge in [0, 0.05) is 25.2 Å². The van der Waals surface area contributed by atoms with Crippen LogP contribution >= 0.6 is 22.6 Å². The molecule has 19 heavy (non-hydrogen) atoms. The van der Waals surface area contributed by atoms with E-state index in [4.69, 9.17) is 5.73 Å². The number of nitrogens with two attached hydrogens (primary N) is 1. The number of hydrogen-bond acceptors (Lipinski definition) is 4. The highest BCUT2D eigenvalue weighted by Gasteiger charge is 2.26. The Labute approximate surface area is 124 Å². The summed E-state index contributed by atoms with van der Waals surface area (Å²) in [6.07, 6.45) is 1.94. The molecule has 1 aromatic carbocycles. The normalized spacial score (nSPS) is 19.5. The number of benzene rings is 1. The SMILES string of the molecule is NCC1CCCN(c2cc(F)c(I)cc2[N+](=O)[O-])C1. The third-order valence-electron chi connectivity index (χ3n) is 3.41. The zero-order chi connectivity index (χ0) is 14.0. The number of anilines is 1. The van der Waals surface area contributed by atoms with Crippen molar-refractivity contribution in [1.29, 1.82) is 0 Å². The smallest absolute Gasteiger partial charge is 0.293 e. The summed E-state index contributed by atoms with van der Waals surface area (Å²) in [5.74, 6) is -0.105. The van der Waals surface area contributed by atoms with Crippen molar-refractivity contribution in [2.45, 2.75) is 12.8 Å². The first-order chi connectivity index (χ1) is 9.02. The minimum absolute atomic E-state index is 0.0385. The summed E-state index contributed by atoms with van der Waals surface area (Å²) in [5.41, 5.74) is 5.98. The second kappa shape index (κ2) is 6.00. The fourth-order valence-corrected chi connectivity index (χ4v) is 2.85. The van der Waals surface area contributed by atoms with Gasteiger partial charge >= 0.3 is 0 Å². The molecular weight excluding hydrogens is 364 g/mol. The van der Waals surface area contributed by atoms with E-state index in [2.05, 4.69) is 0 Å².